The van der Waals surface area contributed by atoms with Crippen molar-refractivity contribution in [3.05, 3.63) is 46.5 Å². The van der Waals surface area contributed by atoms with Crippen LogP contribution >= 0.6 is 11.6 Å². The van der Waals surface area contributed by atoms with Crippen molar-refractivity contribution < 1.29 is 4.74 Å². The average Bonchev–Trinajstić information content (AvgIpc) is 2.77. The monoisotopic (exact) mass is 265 g/mol. The highest BCUT2D eigenvalue weighted by atomic mass is 35.5. The van der Waals surface area contributed by atoms with Crippen molar-refractivity contribution in [1.29, 1.82) is 0 Å². The van der Waals surface area contributed by atoms with Gasteiger partial charge in [-0.05, 0) is 24.7 Å². The molecule has 0 aliphatic rings. The van der Waals surface area contributed by atoms with Gasteiger partial charge in [-0.2, -0.15) is 0 Å². The van der Waals surface area contributed by atoms with Gasteiger partial charge in [0.05, 0.1) is 7.11 Å². The maximum absolute atomic E-state index is 5.99. The van der Waals surface area contributed by atoms with Gasteiger partial charge < -0.3 is 15.5 Å². The number of nitrogens with one attached hydrogen (secondary N) is 1. The van der Waals surface area contributed by atoms with Gasteiger partial charge in [0.2, 0.25) is 0 Å². The number of ether oxygens (including phenoxy) is 1. The summed E-state index contributed by atoms with van der Waals surface area (Å²) in [6.07, 6.45) is 3.28. The maximum atomic E-state index is 5.99. The minimum atomic E-state index is 0.613. The van der Waals surface area contributed by atoms with Gasteiger partial charge in [-0.3, -0.25) is 0 Å². The van der Waals surface area contributed by atoms with Crippen LogP contribution in [0, 0.1) is 0 Å². The molecule has 0 radical (unpaired) electrons. The average molecular weight is 266 g/mol. The summed E-state index contributed by atoms with van der Waals surface area (Å²) in [5.41, 5.74) is 7.56. The molecule has 0 unspecified atom stereocenters. The second kappa shape index (κ2) is 5.89. The molecule has 96 valence electrons. The molecular formula is C13H16ClN3O. The molecule has 5 heteroatoms. The molecule has 0 aliphatic heterocycles. The lowest BCUT2D eigenvalue weighted by Gasteiger charge is -2.07. The number of nitrogens with two attached hydrogens (primary N) is 1. The lowest BCUT2D eigenvalue weighted by Crippen LogP contribution is -2.03. The number of benzene rings is 1. The number of hydrogen-bond donors (Lipinski definition) is 2. The Hall–Kier alpha value is -1.52. The number of nitrogens with zero attached hydrogens (tertiary/aromatic N) is 1. The highest BCUT2D eigenvalue weighted by molar-refractivity contribution is 6.30. The molecule has 1 aromatic heterocycles. The lowest BCUT2D eigenvalue weighted by atomic mass is 10.1. The topological polar surface area (TPSA) is 63.9 Å². The van der Waals surface area contributed by atoms with Crippen molar-refractivity contribution in [3.8, 4) is 5.75 Å². The van der Waals surface area contributed by atoms with Crippen molar-refractivity contribution in [2.75, 3.05) is 13.7 Å². The molecule has 0 aliphatic carbocycles. The zero-order valence-electron chi connectivity index (χ0n) is 10.2. The molecular weight excluding hydrogens is 250 g/mol. The highest BCUT2D eigenvalue weighted by Gasteiger charge is 2.07. The zero-order valence-corrected chi connectivity index (χ0v) is 11.0. The fraction of sp³-hybridized carbons (Fsp3) is 0.308. The van der Waals surface area contributed by atoms with Gasteiger partial charge in [0.1, 0.15) is 11.6 Å². The molecule has 2 rings (SSSR count). The van der Waals surface area contributed by atoms with Crippen LogP contribution in [0.4, 0.5) is 0 Å². The predicted molar refractivity (Wildman–Crippen MR) is 72.2 cm³/mol. The van der Waals surface area contributed by atoms with Crippen molar-refractivity contribution in [3.63, 3.8) is 0 Å². The Balaban J connectivity index is 2.19. The van der Waals surface area contributed by atoms with E-state index in [0.29, 0.717) is 18.0 Å². The molecule has 0 saturated carbocycles. The molecule has 18 heavy (non-hydrogen) atoms. The quantitative estimate of drug-likeness (QED) is 0.871. The minimum absolute atomic E-state index is 0.613. The number of H-pyrrole nitrogens is 1. The molecule has 0 bridgehead atoms. The summed E-state index contributed by atoms with van der Waals surface area (Å²) in [5, 5.41) is 0.694. The SMILES string of the molecule is COc1ccc(Cl)cc1Cc1ncc(CCN)[nH]1. The van der Waals surface area contributed by atoms with E-state index in [-0.39, 0.29) is 0 Å². The first-order valence-corrected chi connectivity index (χ1v) is 6.16. The summed E-state index contributed by atoms with van der Waals surface area (Å²) < 4.78 is 5.31. The second-order valence-corrected chi connectivity index (χ2v) is 4.46. The molecule has 1 heterocycles. The number of imidazole rings is 1. The van der Waals surface area contributed by atoms with Crippen LogP contribution in [0.1, 0.15) is 17.1 Å². The van der Waals surface area contributed by atoms with Crippen molar-refractivity contribution >= 4 is 11.6 Å². The van der Waals surface area contributed by atoms with Crippen molar-refractivity contribution in [2.24, 2.45) is 5.73 Å². The second-order valence-electron chi connectivity index (χ2n) is 4.03. The summed E-state index contributed by atoms with van der Waals surface area (Å²) in [6.45, 7) is 0.613. The van der Waals surface area contributed by atoms with Gasteiger partial charge >= 0.3 is 0 Å². The predicted octanol–water partition coefficient (Wildman–Crippen LogP) is 2.16. The minimum Gasteiger partial charge on any atom is -0.496 e. The molecule has 4 nitrogen and oxygen atoms in total. The van der Waals surface area contributed by atoms with E-state index in [1.165, 1.54) is 0 Å². The first kappa shape index (κ1) is 12.9. The standard InChI is InChI=1S/C13H16ClN3O/c1-18-12-3-2-10(14)6-9(12)7-13-16-8-11(17-13)4-5-15/h2-3,6,8H,4-5,7,15H2,1H3,(H,16,17). The van der Waals surface area contributed by atoms with E-state index < -0.39 is 0 Å². The number of rotatable bonds is 5. The number of aromatic nitrogens is 2. The molecule has 0 atom stereocenters. The summed E-state index contributed by atoms with van der Waals surface area (Å²) in [7, 11) is 1.65. The van der Waals surface area contributed by atoms with Gasteiger partial charge in [0.15, 0.2) is 0 Å². The van der Waals surface area contributed by atoms with Crippen LogP contribution in [0.2, 0.25) is 5.02 Å². The first-order chi connectivity index (χ1) is 8.72. The molecule has 0 amide bonds. The van der Waals surface area contributed by atoms with Crippen LogP contribution in [0.3, 0.4) is 0 Å². The van der Waals surface area contributed by atoms with Gasteiger partial charge in [0, 0.05) is 35.3 Å². The summed E-state index contributed by atoms with van der Waals surface area (Å²) in [4.78, 5) is 7.57. The molecule has 3 N–H and O–H groups in total. The van der Waals surface area contributed by atoms with Crippen molar-refractivity contribution in [1.82, 2.24) is 9.97 Å². The molecule has 1 aromatic carbocycles. The van der Waals surface area contributed by atoms with Crippen LogP contribution in [0.25, 0.3) is 0 Å². The molecule has 0 spiro atoms. The van der Waals surface area contributed by atoms with Crippen LogP contribution in [-0.2, 0) is 12.8 Å². The van der Waals surface area contributed by atoms with E-state index in [1.54, 1.807) is 7.11 Å². The Labute approximate surface area is 111 Å². The molecule has 0 saturated heterocycles. The Kier molecular flexibility index (Phi) is 4.23. The zero-order chi connectivity index (χ0) is 13.0. The van der Waals surface area contributed by atoms with E-state index in [1.807, 2.05) is 24.4 Å². The van der Waals surface area contributed by atoms with E-state index in [2.05, 4.69) is 9.97 Å². The normalized spacial score (nSPS) is 10.6. The largest absolute Gasteiger partial charge is 0.496 e. The van der Waals surface area contributed by atoms with Gasteiger partial charge in [-0.25, -0.2) is 4.98 Å². The number of hydrogen-bond acceptors (Lipinski definition) is 3. The van der Waals surface area contributed by atoms with Crippen LogP contribution in [0.15, 0.2) is 24.4 Å². The Morgan fingerprint density at radius 3 is 3.00 bits per heavy atom. The maximum Gasteiger partial charge on any atom is 0.122 e. The third-order valence-electron chi connectivity index (χ3n) is 2.70. The summed E-state index contributed by atoms with van der Waals surface area (Å²) in [6, 6.07) is 5.57. The summed E-state index contributed by atoms with van der Waals surface area (Å²) >= 11 is 5.99. The smallest absolute Gasteiger partial charge is 0.122 e. The third-order valence-corrected chi connectivity index (χ3v) is 2.93. The number of halogens is 1. The Morgan fingerprint density at radius 1 is 1.44 bits per heavy atom. The van der Waals surface area contributed by atoms with E-state index in [4.69, 9.17) is 22.1 Å². The third kappa shape index (κ3) is 3.03. The molecule has 0 fully saturated rings. The van der Waals surface area contributed by atoms with Gasteiger partial charge in [-0.1, -0.05) is 11.6 Å². The first-order valence-electron chi connectivity index (χ1n) is 5.78. The number of methoxy groups -OCH3 is 1. The summed E-state index contributed by atoms with van der Waals surface area (Å²) in [5.74, 6) is 1.70. The Bertz CT molecular complexity index is 525. The van der Waals surface area contributed by atoms with Crippen LogP contribution in [-0.4, -0.2) is 23.6 Å². The van der Waals surface area contributed by atoms with E-state index in [9.17, 15) is 0 Å². The Morgan fingerprint density at radius 2 is 2.28 bits per heavy atom. The van der Waals surface area contributed by atoms with E-state index >= 15 is 0 Å². The lowest BCUT2D eigenvalue weighted by molar-refractivity contribution is 0.410. The van der Waals surface area contributed by atoms with Crippen molar-refractivity contribution in [2.45, 2.75) is 12.8 Å². The van der Waals surface area contributed by atoms with E-state index in [0.717, 1.165) is 29.3 Å². The molecule has 2 aromatic rings. The van der Waals surface area contributed by atoms with Crippen LogP contribution < -0.4 is 10.5 Å². The fourth-order valence-corrected chi connectivity index (χ4v) is 2.04. The van der Waals surface area contributed by atoms with Crippen LogP contribution in [0.5, 0.6) is 5.75 Å². The fourth-order valence-electron chi connectivity index (χ4n) is 1.84. The van der Waals surface area contributed by atoms with Gasteiger partial charge in [-0.15, -0.1) is 0 Å². The highest BCUT2D eigenvalue weighted by Crippen LogP contribution is 2.24. The number of aromatic amines is 1. The van der Waals surface area contributed by atoms with Gasteiger partial charge in [0.25, 0.3) is 0 Å².